The van der Waals surface area contributed by atoms with Crippen molar-refractivity contribution in [3.05, 3.63) is 61.8 Å². The molecule has 2 rings (SSSR count). The summed E-state index contributed by atoms with van der Waals surface area (Å²) in [5.74, 6) is -0.905. The van der Waals surface area contributed by atoms with Gasteiger partial charge in [-0.05, 0) is 52.7 Å². The van der Waals surface area contributed by atoms with E-state index in [9.17, 15) is 9.18 Å². The largest absolute Gasteiger partial charge is 0.320 e. The molecular weight excluding hydrogens is 368 g/mol. The van der Waals surface area contributed by atoms with Crippen molar-refractivity contribution in [2.45, 2.75) is 6.92 Å². The van der Waals surface area contributed by atoms with Crippen LogP contribution >= 0.6 is 39.1 Å². The van der Waals surface area contributed by atoms with Crippen molar-refractivity contribution in [2.75, 3.05) is 5.32 Å². The first kappa shape index (κ1) is 15.3. The van der Waals surface area contributed by atoms with Gasteiger partial charge in [0.05, 0.1) is 21.3 Å². The zero-order valence-corrected chi connectivity index (χ0v) is 13.4. The molecule has 0 aromatic heterocycles. The molecule has 2 nitrogen and oxygen atoms in total. The van der Waals surface area contributed by atoms with Crippen molar-refractivity contribution in [3.63, 3.8) is 0 Å². The number of amides is 1. The van der Waals surface area contributed by atoms with E-state index in [0.717, 1.165) is 11.6 Å². The normalized spacial score (nSPS) is 10.4. The predicted molar refractivity (Wildman–Crippen MR) is 83.3 cm³/mol. The lowest BCUT2D eigenvalue weighted by Crippen LogP contribution is -2.13. The van der Waals surface area contributed by atoms with Crippen LogP contribution in [-0.2, 0) is 0 Å². The van der Waals surface area contributed by atoms with Gasteiger partial charge in [0.25, 0.3) is 5.91 Å². The first-order valence-electron chi connectivity index (χ1n) is 5.60. The van der Waals surface area contributed by atoms with Gasteiger partial charge in [0, 0.05) is 4.47 Å². The summed E-state index contributed by atoms with van der Waals surface area (Å²) in [6, 6.07) is 7.44. The smallest absolute Gasteiger partial charge is 0.257 e. The van der Waals surface area contributed by atoms with Crippen LogP contribution in [0.3, 0.4) is 0 Å². The van der Waals surface area contributed by atoms with Crippen molar-refractivity contribution in [1.82, 2.24) is 0 Å². The molecule has 0 radical (unpaired) electrons. The van der Waals surface area contributed by atoms with Crippen molar-refractivity contribution >= 4 is 50.7 Å². The van der Waals surface area contributed by atoms with Crippen molar-refractivity contribution in [3.8, 4) is 0 Å². The lowest BCUT2D eigenvalue weighted by atomic mass is 10.1. The van der Waals surface area contributed by atoms with Gasteiger partial charge in [0.1, 0.15) is 5.82 Å². The number of anilines is 1. The zero-order valence-electron chi connectivity index (χ0n) is 10.3. The molecule has 0 aliphatic rings. The third-order valence-electron chi connectivity index (χ3n) is 2.61. The minimum atomic E-state index is -0.492. The average molecular weight is 377 g/mol. The number of aryl methyl sites for hydroxylation is 1. The molecule has 2 aromatic rings. The van der Waals surface area contributed by atoms with Crippen LogP contribution in [0.25, 0.3) is 0 Å². The molecule has 6 heteroatoms. The topological polar surface area (TPSA) is 29.1 Å². The Morgan fingerprint density at radius 2 is 1.90 bits per heavy atom. The van der Waals surface area contributed by atoms with E-state index in [2.05, 4.69) is 21.2 Å². The SMILES string of the molecule is Cc1ccc(C(=O)Nc2c(Cl)cc(F)cc2Br)c(Cl)c1. The molecule has 0 aliphatic heterocycles. The van der Waals surface area contributed by atoms with Crippen LogP contribution in [0.1, 0.15) is 15.9 Å². The second-order valence-corrected chi connectivity index (χ2v) is 5.85. The lowest BCUT2D eigenvalue weighted by Gasteiger charge is -2.11. The minimum absolute atomic E-state index is 0.105. The Morgan fingerprint density at radius 3 is 2.50 bits per heavy atom. The highest BCUT2D eigenvalue weighted by Crippen LogP contribution is 2.32. The Bertz CT molecular complexity index is 668. The number of hydrogen-bond acceptors (Lipinski definition) is 1. The summed E-state index contributed by atoms with van der Waals surface area (Å²) in [5, 5.41) is 3.06. The van der Waals surface area contributed by atoms with Gasteiger partial charge in [0.15, 0.2) is 0 Å². The van der Waals surface area contributed by atoms with E-state index < -0.39 is 11.7 Å². The summed E-state index contributed by atoms with van der Waals surface area (Å²) < 4.78 is 13.5. The fourth-order valence-corrected chi connectivity index (χ4v) is 2.87. The number of nitrogens with one attached hydrogen (secondary N) is 1. The minimum Gasteiger partial charge on any atom is -0.320 e. The monoisotopic (exact) mass is 375 g/mol. The lowest BCUT2D eigenvalue weighted by molar-refractivity contribution is 0.102. The maximum Gasteiger partial charge on any atom is 0.257 e. The molecule has 0 saturated heterocycles. The number of benzene rings is 2. The molecule has 1 N–H and O–H groups in total. The van der Waals surface area contributed by atoms with Crippen molar-refractivity contribution < 1.29 is 9.18 Å². The molecule has 2 aromatic carbocycles. The molecule has 0 spiro atoms. The standard InChI is InChI=1S/C14H9BrCl2FNO/c1-7-2-3-9(11(16)4-7)14(20)19-13-10(15)5-8(18)6-12(13)17/h2-6H,1H3,(H,19,20). The third kappa shape index (κ3) is 3.32. The molecule has 0 bridgehead atoms. The highest BCUT2D eigenvalue weighted by atomic mass is 79.9. The summed E-state index contributed by atoms with van der Waals surface area (Å²) >= 11 is 15.1. The number of rotatable bonds is 2. The summed E-state index contributed by atoms with van der Waals surface area (Å²) in [5.41, 5.74) is 1.58. The molecule has 0 fully saturated rings. The molecule has 20 heavy (non-hydrogen) atoms. The fraction of sp³-hybridized carbons (Fsp3) is 0.0714. The van der Waals surface area contributed by atoms with Gasteiger partial charge >= 0.3 is 0 Å². The maximum absolute atomic E-state index is 13.1. The molecule has 0 heterocycles. The van der Waals surface area contributed by atoms with Crippen molar-refractivity contribution in [2.24, 2.45) is 0 Å². The summed E-state index contributed by atoms with van der Waals surface area (Å²) in [6.07, 6.45) is 0. The highest BCUT2D eigenvalue weighted by Gasteiger charge is 2.15. The summed E-state index contributed by atoms with van der Waals surface area (Å²) in [7, 11) is 0. The van der Waals surface area contributed by atoms with E-state index in [0.29, 0.717) is 20.7 Å². The number of halogens is 4. The van der Waals surface area contributed by atoms with Crippen molar-refractivity contribution in [1.29, 1.82) is 0 Å². The summed E-state index contributed by atoms with van der Waals surface area (Å²) in [4.78, 5) is 12.2. The van der Waals surface area contributed by atoms with E-state index in [4.69, 9.17) is 23.2 Å². The van der Waals surface area contributed by atoms with Crippen LogP contribution in [0.4, 0.5) is 10.1 Å². The molecular formula is C14H9BrCl2FNO. The van der Waals surface area contributed by atoms with Crippen LogP contribution in [0.15, 0.2) is 34.8 Å². The van der Waals surface area contributed by atoms with Crippen LogP contribution in [0, 0.1) is 12.7 Å². The second kappa shape index (κ2) is 6.12. The molecule has 0 aliphatic carbocycles. The van der Waals surface area contributed by atoms with Gasteiger partial charge in [-0.15, -0.1) is 0 Å². The average Bonchev–Trinajstić information content (AvgIpc) is 2.33. The first-order chi connectivity index (χ1) is 9.38. The van der Waals surface area contributed by atoms with Gasteiger partial charge in [-0.2, -0.15) is 0 Å². The Labute approximate surface area is 134 Å². The number of carbonyl (C=O) groups is 1. The van der Waals surface area contributed by atoms with Crippen LogP contribution in [0.2, 0.25) is 10.0 Å². The second-order valence-electron chi connectivity index (χ2n) is 4.18. The molecule has 0 saturated carbocycles. The Kier molecular flexibility index (Phi) is 4.68. The highest BCUT2D eigenvalue weighted by molar-refractivity contribution is 9.10. The van der Waals surface area contributed by atoms with Gasteiger partial charge in [0.2, 0.25) is 0 Å². The quantitative estimate of drug-likeness (QED) is 0.741. The van der Waals surface area contributed by atoms with Gasteiger partial charge in [-0.25, -0.2) is 4.39 Å². The molecule has 1 amide bonds. The van der Waals surface area contributed by atoms with E-state index >= 15 is 0 Å². The number of hydrogen-bond donors (Lipinski definition) is 1. The molecule has 104 valence electrons. The van der Waals surface area contributed by atoms with Gasteiger partial charge in [-0.1, -0.05) is 29.3 Å². The Balaban J connectivity index is 2.33. The van der Waals surface area contributed by atoms with Gasteiger partial charge < -0.3 is 5.32 Å². The molecule has 0 atom stereocenters. The fourth-order valence-electron chi connectivity index (χ4n) is 1.65. The van der Waals surface area contributed by atoms with E-state index in [-0.39, 0.29) is 5.02 Å². The third-order valence-corrected chi connectivity index (χ3v) is 3.85. The number of carbonyl (C=O) groups excluding carboxylic acids is 1. The van der Waals surface area contributed by atoms with Gasteiger partial charge in [-0.3, -0.25) is 4.79 Å². The predicted octanol–water partition coefficient (Wildman–Crippen LogP) is 5.46. The van der Waals surface area contributed by atoms with Crippen LogP contribution in [-0.4, -0.2) is 5.91 Å². The Hall–Kier alpha value is -1.10. The first-order valence-corrected chi connectivity index (χ1v) is 7.15. The van der Waals surface area contributed by atoms with Crippen LogP contribution in [0.5, 0.6) is 0 Å². The summed E-state index contributed by atoms with van der Waals surface area (Å²) in [6.45, 7) is 1.88. The molecule has 0 unspecified atom stereocenters. The Morgan fingerprint density at radius 1 is 1.20 bits per heavy atom. The van der Waals surface area contributed by atoms with Crippen LogP contribution < -0.4 is 5.32 Å². The maximum atomic E-state index is 13.1. The van der Waals surface area contributed by atoms with E-state index in [1.807, 2.05) is 6.92 Å². The van der Waals surface area contributed by atoms with E-state index in [1.54, 1.807) is 18.2 Å². The van der Waals surface area contributed by atoms with E-state index in [1.165, 1.54) is 6.07 Å². The zero-order chi connectivity index (χ0) is 14.9.